The van der Waals surface area contributed by atoms with Crippen LogP contribution in [0.5, 0.6) is 0 Å². The Bertz CT molecular complexity index is 159. The fraction of sp³-hybridized carbons (Fsp3) is 1.00. The van der Waals surface area contributed by atoms with Gasteiger partial charge in [-0.2, -0.15) is 0 Å². The molecule has 0 saturated carbocycles. The summed E-state index contributed by atoms with van der Waals surface area (Å²) in [6, 6.07) is 0. The zero-order valence-corrected chi connectivity index (χ0v) is 10.8. The highest BCUT2D eigenvalue weighted by Gasteiger charge is 2.17. The van der Waals surface area contributed by atoms with Gasteiger partial charge in [0.25, 0.3) is 0 Å². The number of hydrogen-bond acceptors (Lipinski definition) is 2. The molecule has 0 aromatic rings. The lowest BCUT2D eigenvalue weighted by Gasteiger charge is -2.22. The molecule has 1 saturated heterocycles. The molecule has 0 bridgehead atoms. The number of ether oxygens (including phenoxy) is 1. The SMILES string of the molecule is CCCCC[C@H]1CCCCCC[C@@H](CO)O1. The van der Waals surface area contributed by atoms with Crippen LogP contribution in [0.3, 0.4) is 0 Å². The molecule has 0 aromatic heterocycles. The van der Waals surface area contributed by atoms with E-state index in [2.05, 4.69) is 6.92 Å². The molecule has 0 aliphatic carbocycles. The molecule has 0 radical (unpaired) electrons. The molecule has 1 N–H and O–H groups in total. The van der Waals surface area contributed by atoms with Gasteiger partial charge < -0.3 is 9.84 Å². The van der Waals surface area contributed by atoms with Crippen molar-refractivity contribution in [3.8, 4) is 0 Å². The number of rotatable bonds is 5. The second-order valence-corrected chi connectivity index (χ2v) is 5.05. The van der Waals surface area contributed by atoms with Crippen LogP contribution in [0.1, 0.15) is 71.1 Å². The first-order chi connectivity index (χ1) is 7.86. The van der Waals surface area contributed by atoms with Gasteiger partial charge in [-0.05, 0) is 19.3 Å². The molecule has 1 rings (SSSR count). The van der Waals surface area contributed by atoms with E-state index in [0.29, 0.717) is 6.10 Å². The van der Waals surface area contributed by atoms with E-state index >= 15 is 0 Å². The summed E-state index contributed by atoms with van der Waals surface area (Å²) in [7, 11) is 0. The fourth-order valence-electron chi connectivity index (χ4n) is 2.47. The van der Waals surface area contributed by atoms with Crippen molar-refractivity contribution in [3.05, 3.63) is 0 Å². The zero-order valence-electron chi connectivity index (χ0n) is 10.8. The summed E-state index contributed by atoms with van der Waals surface area (Å²) in [5, 5.41) is 9.26. The highest BCUT2D eigenvalue weighted by atomic mass is 16.5. The van der Waals surface area contributed by atoms with Crippen LogP contribution in [0.2, 0.25) is 0 Å². The highest BCUT2D eigenvalue weighted by Crippen LogP contribution is 2.21. The Morgan fingerprint density at radius 3 is 2.31 bits per heavy atom. The summed E-state index contributed by atoms with van der Waals surface area (Å²) in [4.78, 5) is 0. The fourth-order valence-corrected chi connectivity index (χ4v) is 2.47. The number of aliphatic hydroxyl groups is 1. The van der Waals surface area contributed by atoms with Crippen molar-refractivity contribution >= 4 is 0 Å². The molecule has 0 amide bonds. The maximum atomic E-state index is 9.26. The summed E-state index contributed by atoms with van der Waals surface area (Å²) >= 11 is 0. The largest absolute Gasteiger partial charge is 0.394 e. The lowest BCUT2D eigenvalue weighted by atomic mass is 10.0. The van der Waals surface area contributed by atoms with Gasteiger partial charge in [0.05, 0.1) is 18.8 Å². The lowest BCUT2D eigenvalue weighted by Crippen LogP contribution is -2.25. The minimum Gasteiger partial charge on any atom is -0.394 e. The Labute approximate surface area is 100 Å². The number of unbranched alkanes of at least 4 members (excludes halogenated alkanes) is 2. The van der Waals surface area contributed by atoms with Crippen molar-refractivity contribution < 1.29 is 9.84 Å². The molecule has 16 heavy (non-hydrogen) atoms. The van der Waals surface area contributed by atoms with Gasteiger partial charge in [0.1, 0.15) is 0 Å². The zero-order chi connectivity index (χ0) is 11.6. The molecular formula is C14H28O2. The second kappa shape index (κ2) is 9.00. The van der Waals surface area contributed by atoms with Crippen LogP contribution in [0.15, 0.2) is 0 Å². The van der Waals surface area contributed by atoms with E-state index in [9.17, 15) is 5.11 Å². The molecule has 1 aliphatic heterocycles. The van der Waals surface area contributed by atoms with E-state index in [4.69, 9.17) is 4.74 Å². The van der Waals surface area contributed by atoms with Gasteiger partial charge in [0.2, 0.25) is 0 Å². The predicted octanol–water partition coefficient (Wildman–Crippen LogP) is 3.67. The average molecular weight is 228 g/mol. The van der Waals surface area contributed by atoms with Crippen molar-refractivity contribution in [1.29, 1.82) is 0 Å². The van der Waals surface area contributed by atoms with Gasteiger partial charge >= 0.3 is 0 Å². The molecule has 2 atom stereocenters. The monoisotopic (exact) mass is 228 g/mol. The molecule has 2 heteroatoms. The molecule has 1 aliphatic rings. The summed E-state index contributed by atoms with van der Waals surface area (Å²) in [6.07, 6.45) is 13.0. The van der Waals surface area contributed by atoms with E-state index < -0.39 is 0 Å². The third-order valence-corrected chi connectivity index (χ3v) is 3.52. The van der Waals surface area contributed by atoms with Crippen LogP contribution in [0.25, 0.3) is 0 Å². The summed E-state index contributed by atoms with van der Waals surface area (Å²) in [5.41, 5.74) is 0. The third-order valence-electron chi connectivity index (χ3n) is 3.52. The summed E-state index contributed by atoms with van der Waals surface area (Å²) in [5.74, 6) is 0. The van der Waals surface area contributed by atoms with Gasteiger partial charge in [-0.25, -0.2) is 0 Å². The van der Waals surface area contributed by atoms with E-state index in [1.165, 1.54) is 57.8 Å². The topological polar surface area (TPSA) is 29.5 Å². The standard InChI is InChI=1S/C14H28O2/c1-2-3-6-9-13-10-7-4-5-8-11-14(12-15)16-13/h13-15H,2-12H2,1H3/t13-,14-/m0/s1. The van der Waals surface area contributed by atoms with Crippen LogP contribution >= 0.6 is 0 Å². The highest BCUT2D eigenvalue weighted by molar-refractivity contribution is 4.67. The molecule has 0 spiro atoms. The first-order valence-corrected chi connectivity index (χ1v) is 7.13. The van der Waals surface area contributed by atoms with Crippen LogP contribution in [-0.4, -0.2) is 23.9 Å². The van der Waals surface area contributed by atoms with E-state index in [-0.39, 0.29) is 12.7 Å². The summed E-state index contributed by atoms with van der Waals surface area (Å²) < 4.78 is 6.02. The Balaban J connectivity index is 2.31. The van der Waals surface area contributed by atoms with Gasteiger partial charge in [0, 0.05) is 0 Å². The Morgan fingerprint density at radius 1 is 1.00 bits per heavy atom. The van der Waals surface area contributed by atoms with Crippen molar-refractivity contribution in [3.63, 3.8) is 0 Å². The van der Waals surface area contributed by atoms with Gasteiger partial charge in [-0.3, -0.25) is 0 Å². The number of aliphatic hydroxyl groups excluding tert-OH is 1. The van der Waals surface area contributed by atoms with Crippen LogP contribution < -0.4 is 0 Å². The van der Waals surface area contributed by atoms with E-state index in [1.807, 2.05) is 0 Å². The van der Waals surface area contributed by atoms with Gasteiger partial charge in [-0.15, -0.1) is 0 Å². The Hall–Kier alpha value is -0.0800. The Kier molecular flexibility index (Phi) is 7.87. The third kappa shape index (κ3) is 5.86. The van der Waals surface area contributed by atoms with Crippen molar-refractivity contribution in [1.82, 2.24) is 0 Å². The lowest BCUT2D eigenvalue weighted by molar-refractivity contribution is -0.0489. The molecule has 1 heterocycles. The molecule has 2 nitrogen and oxygen atoms in total. The minimum absolute atomic E-state index is 0.102. The Morgan fingerprint density at radius 2 is 1.69 bits per heavy atom. The normalized spacial score (nSPS) is 28.1. The molecule has 0 unspecified atom stereocenters. The van der Waals surface area contributed by atoms with Crippen LogP contribution in [-0.2, 0) is 4.74 Å². The van der Waals surface area contributed by atoms with Gasteiger partial charge in [0.15, 0.2) is 0 Å². The second-order valence-electron chi connectivity index (χ2n) is 5.05. The molecule has 0 aromatic carbocycles. The van der Waals surface area contributed by atoms with Crippen molar-refractivity contribution in [2.45, 2.75) is 83.3 Å². The minimum atomic E-state index is 0.102. The molecular weight excluding hydrogens is 200 g/mol. The molecule has 1 fully saturated rings. The average Bonchev–Trinajstić information content (AvgIpc) is 2.41. The maximum absolute atomic E-state index is 9.26. The molecule has 96 valence electrons. The van der Waals surface area contributed by atoms with Gasteiger partial charge in [-0.1, -0.05) is 51.9 Å². The maximum Gasteiger partial charge on any atom is 0.0809 e. The first-order valence-electron chi connectivity index (χ1n) is 7.13. The quantitative estimate of drug-likeness (QED) is 0.728. The van der Waals surface area contributed by atoms with E-state index in [0.717, 1.165) is 6.42 Å². The van der Waals surface area contributed by atoms with E-state index in [1.54, 1.807) is 0 Å². The predicted molar refractivity (Wildman–Crippen MR) is 67.6 cm³/mol. The van der Waals surface area contributed by atoms with Crippen molar-refractivity contribution in [2.24, 2.45) is 0 Å². The van der Waals surface area contributed by atoms with Crippen LogP contribution in [0.4, 0.5) is 0 Å². The first kappa shape index (κ1) is 14.0. The van der Waals surface area contributed by atoms with Crippen LogP contribution in [0, 0.1) is 0 Å². The van der Waals surface area contributed by atoms with Crippen molar-refractivity contribution in [2.75, 3.05) is 6.61 Å². The summed E-state index contributed by atoms with van der Waals surface area (Å²) in [6.45, 7) is 2.44. The smallest absolute Gasteiger partial charge is 0.0809 e. The number of hydrogen-bond donors (Lipinski definition) is 1.